The first-order chi connectivity index (χ1) is 16.0. The van der Waals surface area contributed by atoms with Crippen LogP contribution in [0.3, 0.4) is 0 Å². The molecule has 0 aromatic carbocycles. The molecule has 1 unspecified atom stereocenters. The van der Waals surface area contributed by atoms with Crippen LogP contribution in [0.25, 0.3) is 0 Å². The third kappa shape index (κ3) is 4.30. The van der Waals surface area contributed by atoms with E-state index in [0.717, 1.165) is 31.3 Å². The Kier molecular flexibility index (Phi) is 7.64. The maximum Gasteiger partial charge on any atom is 0.187 e. The second-order valence-corrected chi connectivity index (χ2v) is 11.3. The van der Waals surface area contributed by atoms with E-state index in [4.69, 9.17) is 9.47 Å². The number of hydrogen-bond donors (Lipinski definition) is 6. The van der Waals surface area contributed by atoms with Gasteiger partial charge in [-0.05, 0) is 49.0 Å². The van der Waals surface area contributed by atoms with Gasteiger partial charge in [-0.15, -0.1) is 0 Å². The van der Waals surface area contributed by atoms with E-state index in [1.165, 1.54) is 11.1 Å². The predicted octanol–water partition coefficient (Wildman–Crippen LogP) is 0.880. The van der Waals surface area contributed by atoms with E-state index in [-0.39, 0.29) is 35.7 Å². The van der Waals surface area contributed by atoms with Crippen LogP contribution in [0, 0.1) is 29.1 Å². The molecular formula is C26H42O8. The largest absolute Gasteiger partial charge is 0.396 e. The quantitative estimate of drug-likeness (QED) is 0.318. The lowest BCUT2D eigenvalue weighted by Gasteiger charge is -2.45. The molecule has 194 valence electrons. The Morgan fingerprint density at radius 3 is 2.35 bits per heavy atom. The van der Waals surface area contributed by atoms with Crippen LogP contribution in [-0.2, 0) is 9.47 Å². The van der Waals surface area contributed by atoms with Crippen LogP contribution < -0.4 is 0 Å². The van der Waals surface area contributed by atoms with Crippen molar-refractivity contribution in [3.8, 4) is 0 Å². The Hall–Kier alpha value is -0.840. The fourth-order valence-electron chi connectivity index (χ4n) is 6.82. The molecule has 34 heavy (non-hydrogen) atoms. The van der Waals surface area contributed by atoms with Gasteiger partial charge in [-0.1, -0.05) is 44.9 Å². The highest BCUT2D eigenvalue weighted by atomic mass is 16.7. The molecule has 1 saturated carbocycles. The lowest BCUT2D eigenvalue weighted by molar-refractivity contribution is -0.315. The molecule has 2 fully saturated rings. The Morgan fingerprint density at radius 1 is 1.03 bits per heavy atom. The van der Waals surface area contributed by atoms with Crippen LogP contribution in [0.15, 0.2) is 22.8 Å². The number of aliphatic hydroxyl groups excluding tert-OH is 6. The first-order valence-electron chi connectivity index (χ1n) is 12.7. The minimum atomic E-state index is -1.54. The highest BCUT2D eigenvalue weighted by Crippen LogP contribution is 2.55. The minimum absolute atomic E-state index is 0.0993. The van der Waals surface area contributed by atoms with Crippen molar-refractivity contribution < 1.29 is 40.1 Å². The Bertz CT molecular complexity index is 807. The van der Waals surface area contributed by atoms with E-state index in [1.54, 1.807) is 0 Å². The van der Waals surface area contributed by atoms with E-state index in [0.29, 0.717) is 0 Å². The van der Waals surface area contributed by atoms with Gasteiger partial charge in [-0.25, -0.2) is 0 Å². The van der Waals surface area contributed by atoms with Gasteiger partial charge in [0, 0.05) is 17.9 Å². The summed E-state index contributed by atoms with van der Waals surface area (Å²) in [4.78, 5) is 0. The number of hydrogen-bond acceptors (Lipinski definition) is 8. The molecule has 1 heterocycles. The number of ether oxygens (including phenoxy) is 2. The van der Waals surface area contributed by atoms with Crippen LogP contribution in [0.4, 0.5) is 0 Å². The van der Waals surface area contributed by atoms with Crippen LogP contribution in [0.2, 0.25) is 0 Å². The molecule has 1 saturated heterocycles. The standard InChI is InChI=1S/C26H42O8/c1-12(2)15-7-8-26(4)9-17-14(10-27)5-6-16(17)13(3)20(29)24(19(15)26)34-25-23(32)22(31)21(30)18(11-28)33-25/h9,12-14,16,18,20-25,27-32H,5-8,10-11H2,1-4H3/b17-9-/t13-,14-,16?,18-,20-,21-,22+,23-,24-,25-,26-/m1/s1. The van der Waals surface area contributed by atoms with E-state index in [2.05, 4.69) is 26.8 Å². The SMILES string of the molecule is CC(C)C1=C2[C@@H](O[C@H]3O[C@H](CO)[C@@H](O)[C@H](O)[C@H]3O)[C@H](O)[C@H](C)C3CC[C@H](CO)/C3=C/[C@@]2(C)CC1. The number of rotatable bonds is 5. The number of aliphatic hydroxyl groups is 6. The van der Waals surface area contributed by atoms with E-state index < -0.39 is 49.5 Å². The number of allylic oxidation sites excluding steroid dienone is 2. The van der Waals surface area contributed by atoms with Crippen molar-refractivity contribution in [2.45, 2.75) is 96.3 Å². The summed E-state index contributed by atoms with van der Waals surface area (Å²) >= 11 is 0. The molecule has 1 aliphatic heterocycles. The van der Waals surface area contributed by atoms with Gasteiger partial charge >= 0.3 is 0 Å². The summed E-state index contributed by atoms with van der Waals surface area (Å²) in [5.41, 5.74) is 3.03. The van der Waals surface area contributed by atoms with Gasteiger partial charge in [0.05, 0.1) is 12.7 Å². The fourth-order valence-corrected chi connectivity index (χ4v) is 6.82. The molecule has 0 aromatic rings. The molecule has 4 aliphatic rings. The molecule has 0 spiro atoms. The summed E-state index contributed by atoms with van der Waals surface area (Å²) in [7, 11) is 0. The number of fused-ring (bicyclic) bond motifs is 2. The topological polar surface area (TPSA) is 140 Å². The summed E-state index contributed by atoms with van der Waals surface area (Å²) in [6.45, 7) is 7.96. The average molecular weight is 483 g/mol. The van der Waals surface area contributed by atoms with Crippen molar-refractivity contribution in [1.29, 1.82) is 0 Å². The Morgan fingerprint density at radius 2 is 1.74 bits per heavy atom. The van der Waals surface area contributed by atoms with Crippen molar-refractivity contribution >= 4 is 0 Å². The molecule has 8 nitrogen and oxygen atoms in total. The molecule has 6 N–H and O–H groups in total. The van der Waals surface area contributed by atoms with Crippen LogP contribution in [0.1, 0.15) is 53.4 Å². The van der Waals surface area contributed by atoms with Crippen molar-refractivity contribution in [3.63, 3.8) is 0 Å². The average Bonchev–Trinajstić information content (AvgIpc) is 3.36. The van der Waals surface area contributed by atoms with Gasteiger partial charge in [-0.3, -0.25) is 0 Å². The molecule has 0 bridgehead atoms. The maximum atomic E-state index is 11.7. The monoisotopic (exact) mass is 482 g/mol. The first kappa shape index (κ1) is 26.2. The van der Waals surface area contributed by atoms with Crippen LogP contribution >= 0.6 is 0 Å². The van der Waals surface area contributed by atoms with Gasteiger partial charge in [0.25, 0.3) is 0 Å². The zero-order chi connectivity index (χ0) is 24.9. The lowest BCUT2D eigenvalue weighted by Crippen LogP contribution is -2.60. The molecule has 0 amide bonds. The second kappa shape index (κ2) is 9.90. The highest BCUT2D eigenvalue weighted by Gasteiger charge is 2.52. The molecule has 0 radical (unpaired) electrons. The zero-order valence-corrected chi connectivity index (χ0v) is 20.7. The Balaban J connectivity index is 1.78. The fraction of sp³-hybridized carbons (Fsp3) is 0.846. The van der Waals surface area contributed by atoms with Gasteiger partial charge in [-0.2, -0.15) is 0 Å². The van der Waals surface area contributed by atoms with Gasteiger partial charge in [0.15, 0.2) is 6.29 Å². The summed E-state index contributed by atoms with van der Waals surface area (Å²) in [6, 6.07) is 0. The van der Waals surface area contributed by atoms with E-state index >= 15 is 0 Å². The molecule has 3 aliphatic carbocycles. The van der Waals surface area contributed by atoms with E-state index in [9.17, 15) is 30.6 Å². The summed E-state index contributed by atoms with van der Waals surface area (Å²) in [6.07, 6.45) is -2.83. The molecule has 8 heteroatoms. The highest BCUT2D eigenvalue weighted by molar-refractivity contribution is 5.41. The molecular weight excluding hydrogens is 440 g/mol. The Labute approximate surface area is 201 Å². The third-order valence-corrected chi connectivity index (χ3v) is 8.90. The summed E-state index contributed by atoms with van der Waals surface area (Å²) in [5, 5.41) is 62.5. The zero-order valence-electron chi connectivity index (χ0n) is 20.7. The first-order valence-corrected chi connectivity index (χ1v) is 12.7. The van der Waals surface area contributed by atoms with Crippen LogP contribution in [0.5, 0.6) is 0 Å². The van der Waals surface area contributed by atoms with Crippen molar-refractivity contribution in [2.24, 2.45) is 29.1 Å². The van der Waals surface area contributed by atoms with Crippen molar-refractivity contribution in [1.82, 2.24) is 0 Å². The second-order valence-electron chi connectivity index (χ2n) is 11.3. The molecule has 11 atom stereocenters. The molecule has 4 rings (SSSR count). The smallest absolute Gasteiger partial charge is 0.187 e. The van der Waals surface area contributed by atoms with Gasteiger partial charge in [0.2, 0.25) is 0 Å². The normalized spacial score (nSPS) is 48.9. The van der Waals surface area contributed by atoms with Gasteiger partial charge in [0.1, 0.15) is 30.5 Å². The minimum Gasteiger partial charge on any atom is -0.396 e. The van der Waals surface area contributed by atoms with Gasteiger partial charge < -0.3 is 40.1 Å². The van der Waals surface area contributed by atoms with E-state index in [1.807, 2.05) is 6.92 Å². The summed E-state index contributed by atoms with van der Waals surface area (Å²) < 4.78 is 12.0. The van der Waals surface area contributed by atoms with Crippen molar-refractivity contribution in [3.05, 3.63) is 22.8 Å². The maximum absolute atomic E-state index is 11.7. The summed E-state index contributed by atoms with van der Waals surface area (Å²) in [5.74, 6) is 0.285. The predicted molar refractivity (Wildman–Crippen MR) is 124 cm³/mol. The third-order valence-electron chi connectivity index (χ3n) is 8.90. The molecule has 0 aromatic heterocycles. The van der Waals surface area contributed by atoms with Crippen LogP contribution in [-0.4, -0.2) is 86.8 Å². The van der Waals surface area contributed by atoms with Crippen molar-refractivity contribution in [2.75, 3.05) is 13.2 Å². The lowest BCUT2D eigenvalue weighted by atomic mass is 9.68.